The second-order valence-electron chi connectivity index (χ2n) is 5.70. The number of benzene rings is 1. The summed E-state index contributed by atoms with van der Waals surface area (Å²) in [5.74, 6) is 0.665. The molecule has 0 aromatic heterocycles. The van der Waals surface area contributed by atoms with Crippen LogP contribution in [0.2, 0.25) is 0 Å². The molecule has 1 rings (SSSR count). The Kier molecular flexibility index (Phi) is 5.03. The van der Waals surface area contributed by atoms with Gasteiger partial charge in [-0.1, -0.05) is 32.9 Å². The van der Waals surface area contributed by atoms with Crippen LogP contribution in [0.25, 0.3) is 0 Å². The van der Waals surface area contributed by atoms with E-state index in [0.717, 1.165) is 13.1 Å². The lowest BCUT2D eigenvalue weighted by molar-refractivity contribution is 0.588. The van der Waals surface area contributed by atoms with Crippen LogP contribution >= 0.6 is 11.6 Å². The summed E-state index contributed by atoms with van der Waals surface area (Å²) in [7, 11) is 0. The third-order valence-electron chi connectivity index (χ3n) is 3.14. The molecular weight excluding hydrogens is 230 g/mol. The van der Waals surface area contributed by atoms with Crippen molar-refractivity contribution in [3.05, 3.63) is 34.4 Å². The van der Waals surface area contributed by atoms with E-state index in [0.29, 0.717) is 5.88 Å². The first-order valence-corrected chi connectivity index (χ1v) is 6.77. The second kappa shape index (κ2) is 5.88. The normalized spacial score (nSPS) is 11.9. The van der Waals surface area contributed by atoms with Gasteiger partial charge >= 0.3 is 0 Å². The van der Waals surface area contributed by atoms with Gasteiger partial charge < -0.3 is 5.32 Å². The Morgan fingerprint density at radius 1 is 1.12 bits per heavy atom. The van der Waals surface area contributed by atoms with E-state index in [1.54, 1.807) is 0 Å². The molecule has 0 bridgehead atoms. The van der Waals surface area contributed by atoms with Gasteiger partial charge in [0.1, 0.15) is 0 Å². The molecule has 0 aliphatic rings. The van der Waals surface area contributed by atoms with Gasteiger partial charge in [0.05, 0.1) is 0 Å². The fourth-order valence-electron chi connectivity index (χ4n) is 1.99. The van der Waals surface area contributed by atoms with E-state index in [4.69, 9.17) is 11.6 Å². The van der Waals surface area contributed by atoms with E-state index >= 15 is 0 Å². The van der Waals surface area contributed by atoms with Gasteiger partial charge in [-0.2, -0.15) is 0 Å². The van der Waals surface area contributed by atoms with E-state index in [9.17, 15) is 0 Å². The number of aryl methyl sites for hydroxylation is 2. The van der Waals surface area contributed by atoms with Crippen LogP contribution in [-0.4, -0.2) is 12.4 Å². The van der Waals surface area contributed by atoms with Gasteiger partial charge in [0.2, 0.25) is 0 Å². The SMILES string of the molecule is Cc1cc(C(C)(C)C)cc(C)c1CNCCCl. The summed E-state index contributed by atoms with van der Waals surface area (Å²) < 4.78 is 0. The molecule has 96 valence electrons. The number of hydrogen-bond acceptors (Lipinski definition) is 1. The molecule has 0 aliphatic heterocycles. The maximum atomic E-state index is 5.67. The molecule has 17 heavy (non-hydrogen) atoms. The molecule has 1 aromatic rings. The van der Waals surface area contributed by atoms with Gasteiger partial charge in [0, 0.05) is 19.0 Å². The first-order valence-electron chi connectivity index (χ1n) is 6.23. The highest BCUT2D eigenvalue weighted by Gasteiger charge is 2.15. The van der Waals surface area contributed by atoms with E-state index < -0.39 is 0 Å². The zero-order valence-corrected chi connectivity index (χ0v) is 12.4. The summed E-state index contributed by atoms with van der Waals surface area (Å²) in [6, 6.07) is 4.62. The van der Waals surface area contributed by atoms with Crippen molar-refractivity contribution in [2.24, 2.45) is 0 Å². The topological polar surface area (TPSA) is 12.0 Å². The van der Waals surface area contributed by atoms with Crippen LogP contribution in [0.3, 0.4) is 0 Å². The second-order valence-corrected chi connectivity index (χ2v) is 6.08. The van der Waals surface area contributed by atoms with Crippen LogP contribution in [0.4, 0.5) is 0 Å². The van der Waals surface area contributed by atoms with Crippen molar-refractivity contribution < 1.29 is 0 Å². The van der Waals surface area contributed by atoms with Gasteiger partial charge in [0.15, 0.2) is 0 Å². The minimum absolute atomic E-state index is 0.220. The molecule has 0 heterocycles. The van der Waals surface area contributed by atoms with Crippen molar-refractivity contribution >= 4 is 11.6 Å². The molecule has 0 spiro atoms. The lowest BCUT2D eigenvalue weighted by atomic mass is 9.84. The minimum Gasteiger partial charge on any atom is -0.311 e. The number of nitrogens with one attached hydrogen (secondary N) is 1. The van der Waals surface area contributed by atoms with Crippen molar-refractivity contribution in [1.29, 1.82) is 0 Å². The fourth-order valence-corrected chi connectivity index (χ4v) is 2.12. The highest BCUT2D eigenvalue weighted by molar-refractivity contribution is 6.18. The zero-order chi connectivity index (χ0) is 13.1. The van der Waals surface area contributed by atoms with E-state index in [2.05, 4.69) is 52.1 Å². The summed E-state index contributed by atoms with van der Waals surface area (Å²) in [6.45, 7) is 12.9. The van der Waals surface area contributed by atoms with Crippen LogP contribution in [0.5, 0.6) is 0 Å². The first kappa shape index (κ1) is 14.5. The molecule has 0 saturated heterocycles. The highest BCUT2D eigenvalue weighted by atomic mass is 35.5. The van der Waals surface area contributed by atoms with Crippen LogP contribution in [-0.2, 0) is 12.0 Å². The lowest BCUT2D eigenvalue weighted by Crippen LogP contribution is -2.18. The molecule has 0 unspecified atom stereocenters. The Balaban J connectivity index is 2.95. The summed E-state index contributed by atoms with van der Waals surface area (Å²) >= 11 is 5.67. The van der Waals surface area contributed by atoms with E-state index in [1.165, 1.54) is 22.3 Å². The summed E-state index contributed by atoms with van der Waals surface area (Å²) in [5, 5.41) is 3.36. The Bertz CT molecular complexity index is 354. The number of alkyl halides is 1. The lowest BCUT2D eigenvalue weighted by Gasteiger charge is -2.22. The van der Waals surface area contributed by atoms with Crippen LogP contribution in [0.15, 0.2) is 12.1 Å². The predicted octanol–water partition coefficient (Wildman–Crippen LogP) is 3.93. The van der Waals surface area contributed by atoms with Crippen molar-refractivity contribution in [3.63, 3.8) is 0 Å². The Morgan fingerprint density at radius 2 is 1.65 bits per heavy atom. The third kappa shape index (κ3) is 4.01. The van der Waals surface area contributed by atoms with Gasteiger partial charge in [-0.3, -0.25) is 0 Å². The largest absolute Gasteiger partial charge is 0.311 e. The maximum Gasteiger partial charge on any atom is 0.0348 e. The first-order chi connectivity index (χ1) is 7.86. The molecule has 1 aromatic carbocycles. The average Bonchev–Trinajstić information content (AvgIpc) is 2.20. The van der Waals surface area contributed by atoms with Crippen molar-refractivity contribution in [2.75, 3.05) is 12.4 Å². The minimum atomic E-state index is 0.220. The monoisotopic (exact) mass is 253 g/mol. The molecular formula is C15H24ClN. The Morgan fingerprint density at radius 3 is 2.06 bits per heavy atom. The number of hydrogen-bond donors (Lipinski definition) is 1. The predicted molar refractivity (Wildman–Crippen MR) is 77.0 cm³/mol. The number of rotatable bonds is 4. The van der Waals surface area contributed by atoms with E-state index in [-0.39, 0.29) is 5.41 Å². The molecule has 0 saturated carbocycles. The van der Waals surface area contributed by atoms with Crippen molar-refractivity contribution in [1.82, 2.24) is 5.32 Å². The van der Waals surface area contributed by atoms with Gasteiger partial charge in [-0.05, 0) is 41.5 Å². The van der Waals surface area contributed by atoms with Gasteiger partial charge in [-0.15, -0.1) is 11.6 Å². The highest BCUT2D eigenvalue weighted by Crippen LogP contribution is 2.26. The zero-order valence-electron chi connectivity index (χ0n) is 11.7. The standard InChI is InChI=1S/C15H24ClN/c1-11-8-13(15(3,4)5)9-12(2)14(11)10-17-7-6-16/h8-9,17H,6-7,10H2,1-5H3. The summed E-state index contributed by atoms with van der Waals surface area (Å²) in [4.78, 5) is 0. The third-order valence-corrected chi connectivity index (χ3v) is 3.32. The van der Waals surface area contributed by atoms with Crippen LogP contribution in [0.1, 0.15) is 43.0 Å². The average molecular weight is 254 g/mol. The molecule has 1 N–H and O–H groups in total. The number of halogens is 1. The Hall–Kier alpha value is -0.530. The molecule has 0 radical (unpaired) electrons. The maximum absolute atomic E-state index is 5.67. The molecule has 1 nitrogen and oxygen atoms in total. The summed E-state index contributed by atoms with van der Waals surface area (Å²) in [5.41, 5.74) is 5.78. The van der Waals surface area contributed by atoms with Crippen molar-refractivity contribution in [2.45, 2.75) is 46.6 Å². The molecule has 0 aliphatic carbocycles. The summed E-state index contributed by atoms with van der Waals surface area (Å²) in [6.07, 6.45) is 0. The molecule has 0 amide bonds. The quantitative estimate of drug-likeness (QED) is 0.633. The van der Waals surface area contributed by atoms with Gasteiger partial charge in [-0.25, -0.2) is 0 Å². The molecule has 2 heteroatoms. The Labute approximate surface area is 111 Å². The van der Waals surface area contributed by atoms with Gasteiger partial charge in [0.25, 0.3) is 0 Å². The van der Waals surface area contributed by atoms with Crippen LogP contribution < -0.4 is 5.32 Å². The van der Waals surface area contributed by atoms with E-state index in [1.807, 2.05) is 0 Å². The molecule has 0 atom stereocenters. The van der Waals surface area contributed by atoms with Crippen LogP contribution in [0, 0.1) is 13.8 Å². The fraction of sp³-hybridized carbons (Fsp3) is 0.600. The molecule has 0 fully saturated rings. The smallest absolute Gasteiger partial charge is 0.0348 e. The van der Waals surface area contributed by atoms with Crippen molar-refractivity contribution in [3.8, 4) is 0 Å².